The molecule has 0 radical (unpaired) electrons. The molecule has 0 spiro atoms. The van der Waals surface area contributed by atoms with Crippen LogP contribution in [0, 0.1) is 0 Å². The number of nitrogens with zero attached hydrogens (tertiary/aromatic N) is 5. The molecule has 0 saturated carbocycles. The number of rotatable bonds is 26. The number of nitrogens with one attached hydrogen (secondary N) is 2. The molecule has 5 heterocycles. The fourth-order valence-electron chi connectivity index (χ4n) is 9.80. The van der Waals surface area contributed by atoms with E-state index in [2.05, 4.69) is 195 Å². The van der Waals surface area contributed by atoms with Gasteiger partial charge in [-0.2, -0.15) is 0 Å². The maximum atomic E-state index is 6.34. The van der Waals surface area contributed by atoms with Gasteiger partial charge in [-0.1, -0.05) is 100 Å². The van der Waals surface area contributed by atoms with Crippen LogP contribution in [0.4, 0.5) is 0 Å². The fourth-order valence-corrected chi connectivity index (χ4v) is 9.80. The van der Waals surface area contributed by atoms with E-state index >= 15 is 0 Å². The molecule has 0 unspecified atom stereocenters. The van der Waals surface area contributed by atoms with E-state index in [1.165, 1.54) is 44.9 Å². The van der Waals surface area contributed by atoms with E-state index in [1.807, 2.05) is 24.3 Å². The van der Waals surface area contributed by atoms with E-state index in [-0.39, 0.29) is 0 Å². The summed E-state index contributed by atoms with van der Waals surface area (Å²) in [6.07, 6.45) is 18.6. The zero-order chi connectivity index (χ0) is 53.5. The van der Waals surface area contributed by atoms with Crippen molar-refractivity contribution in [3.05, 3.63) is 144 Å². The molecular weight excluding hydrogens is 955 g/mol. The molecule has 9 rings (SSSR count). The highest BCUT2D eigenvalue weighted by Crippen LogP contribution is 2.40. The van der Waals surface area contributed by atoms with E-state index in [0.29, 0.717) is 26.4 Å². The first-order valence-electron chi connectivity index (χ1n) is 27.6. The molecule has 77 heavy (non-hydrogen) atoms. The minimum Gasteiger partial charge on any atom is -0.494 e. The topological polar surface area (TPSA) is 104 Å². The number of fused-ring (bicyclic) bond motifs is 8. The zero-order valence-corrected chi connectivity index (χ0v) is 46.3. The van der Waals surface area contributed by atoms with E-state index in [0.717, 1.165) is 138 Å². The number of ether oxygens (including phenoxy) is 4. The van der Waals surface area contributed by atoms with Gasteiger partial charge in [0, 0.05) is 64.0 Å². The summed E-state index contributed by atoms with van der Waals surface area (Å²) in [6.45, 7) is 7.13. The third kappa shape index (κ3) is 14.3. The van der Waals surface area contributed by atoms with E-state index in [1.54, 1.807) is 0 Å². The molecule has 400 valence electrons. The Morgan fingerprint density at radius 2 is 0.688 bits per heavy atom. The van der Waals surface area contributed by atoms with Crippen molar-refractivity contribution in [2.45, 2.75) is 58.3 Å². The number of aromatic amines is 2. The van der Waals surface area contributed by atoms with Crippen molar-refractivity contribution in [3.63, 3.8) is 0 Å². The Hall–Kier alpha value is -7.44. The summed E-state index contributed by atoms with van der Waals surface area (Å²) >= 11 is 0. The number of hydrogen-bond acceptors (Lipinski definition) is 9. The summed E-state index contributed by atoms with van der Waals surface area (Å²) in [5.74, 6) is 3.27. The summed E-state index contributed by atoms with van der Waals surface area (Å²) in [7, 11) is 12.3. The monoisotopic (exact) mass is 1030 g/mol. The van der Waals surface area contributed by atoms with Crippen molar-refractivity contribution in [1.82, 2.24) is 34.6 Å². The molecule has 4 aromatic carbocycles. The number of benzene rings is 4. The van der Waals surface area contributed by atoms with E-state index in [4.69, 9.17) is 28.9 Å². The number of aromatic nitrogens is 4. The number of H-pyrrole nitrogens is 2. The first-order chi connectivity index (χ1) is 37.6. The lowest BCUT2D eigenvalue weighted by Crippen LogP contribution is -2.19. The Labute approximate surface area is 456 Å². The first-order valence-corrected chi connectivity index (χ1v) is 27.6. The standard InChI is InChI=1S/C66H77N7O4/c1-8-9-10-11-12-13-14-15-41-74-51-26-22-47(23-27-51)63-55-30-34-59(67-55)65(49-18-16-20-53(45-49)76-43-39-72(4)5)61-36-32-57(69-61)64(48-24-28-52(29-25-48)75-42-38-71(2)3)58-33-37-62(70-58)66(60-35-31-56(63)68-60)50-19-17-21-54(46-50)77-44-40-73(6)7/h16-37,45-46,67,70H,8-15,38-44H2,1-7H3. The molecule has 0 aliphatic carbocycles. The highest BCUT2D eigenvalue weighted by molar-refractivity contribution is 6.00. The second kappa shape index (κ2) is 26.6. The Bertz CT molecular complexity index is 3240. The van der Waals surface area contributed by atoms with Crippen molar-refractivity contribution >= 4 is 46.4 Å². The maximum Gasteiger partial charge on any atom is 0.119 e. The van der Waals surface area contributed by atoms with Crippen LogP contribution in [-0.4, -0.2) is 123 Å². The summed E-state index contributed by atoms with van der Waals surface area (Å²) < 4.78 is 25.2. The van der Waals surface area contributed by atoms with Gasteiger partial charge in [0.2, 0.25) is 0 Å². The van der Waals surface area contributed by atoms with Crippen LogP contribution in [-0.2, 0) is 0 Å². The third-order valence-corrected chi connectivity index (χ3v) is 14.0. The Morgan fingerprint density at radius 3 is 1.06 bits per heavy atom. The lowest BCUT2D eigenvalue weighted by Gasteiger charge is -2.12. The molecule has 11 heteroatoms. The lowest BCUT2D eigenvalue weighted by molar-refractivity contribution is 0.261. The molecule has 0 amide bonds. The minimum absolute atomic E-state index is 0.568. The largest absolute Gasteiger partial charge is 0.494 e. The smallest absolute Gasteiger partial charge is 0.119 e. The first kappa shape index (κ1) is 54.4. The van der Waals surface area contributed by atoms with Gasteiger partial charge in [-0.05, 0) is 168 Å². The van der Waals surface area contributed by atoms with Crippen LogP contribution in [0.15, 0.2) is 121 Å². The van der Waals surface area contributed by atoms with Crippen LogP contribution in [0.2, 0.25) is 0 Å². The summed E-state index contributed by atoms with van der Waals surface area (Å²) in [4.78, 5) is 25.3. The molecule has 8 bridgehead atoms. The second-order valence-corrected chi connectivity index (χ2v) is 20.9. The Kier molecular flexibility index (Phi) is 18.7. The maximum absolute atomic E-state index is 6.34. The lowest BCUT2D eigenvalue weighted by atomic mass is 10.0. The van der Waals surface area contributed by atoms with Gasteiger partial charge in [0.1, 0.15) is 42.8 Å². The summed E-state index contributed by atoms with van der Waals surface area (Å²) in [6, 6.07) is 42.2. The van der Waals surface area contributed by atoms with Gasteiger partial charge in [0.05, 0.1) is 29.4 Å². The van der Waals surface area contributed by atoms with E-state index < -0.39 is 0 Å². The predicted molar refractivity (Wildman–Crippen MR) is 321 cm³/mol. The van der Waals surface area contributed by atoms with E-state index in [9.17, 15) is 0 Å². The van der Waals surface area contributed by atoms with Crippen LogP contribution in [0.3, 0.4) is 0 Å². The van der Waals surface area contributed by atoms with Crippen molar-refractivity contribution < 1.29 is 18.9 Å². The molecule has 0 atom stereocenters. The quantitative estimate of drug-likeness (QED) is 0.0513. The minimum atomic E-state index is 0.568. The van der Waals surface area contributed by atoms with Crippen molar-refractivity contribution in [2.24, 2.45) is 0 Å². The van der Waals surface area contributed by atoms with Gasteiger partial charge in [-0.25, -0.2) is 9.97 Å². The van der Waals surface area contributed by atoms with Crippen LogP contribution in [0.1, 0.15) is 81.1 Å². The van der Waals surface area contributed by atoms with Gasteiger partial charge < -0.3 is 43.6 Å². The number of likely N-dealkylation sites (N-methyl/N-ethyl adjacent to an activating group) is 3. The molecule has 2 aliphatic heterocycles. The molecule has 7 aromatic rings. The van der Waals surface area contributed by atoms with Gasteiger partial charge >= 0.3 is 0 Å². The van der Waals surface area contributed by atoms with Crippen molar-refractivity contribution in [3.8, 4) is 67.5 Å². The number of hydrogen-bond donors (Lipinski definition) is 2. The average molecular weight is 1030 g/mol. The van der Waals surface area contributed by atoms with Crippen LogP contribution in [0.25, 0.3) is 90.9 Å². The Balaban J connectivity index is 1.23. The third-order valence-electron chi connectivity index (χ3n) is 14.0. The van der Waals surface area contributed by atoms with Gasteiger partial charge in [-0.15, -0.1) is 0 Å². The second-order valence-electron chi connectivity index (χ2n) is 20.9. The van der Waals surface area contributed by atoms with Crippen molar-refractivity contribution in [2.75, 3.05) is 88.3 Å². The molecule has 0 saturated heterocycles. The van der Waals surface area contributed by atoms with Crippen molar-refractivity contribution in [1.29, 1.82) is 0 Å². The highest BCUT2D eigenvalue weighted by atomic mass is 16.5. The predicted octanol–water partition coefficient (Wildman–Crippen LogP) is 14.7. The molecule has 0 fully saturated rings. The average Bonchev–Trinajstić information content (AvgIpc) is 4.30. The molecule has 3 aromatic heterocycles. The van der Waals surface area contributed by atoms with Gasteiger partial charge in [-0.3, -0.25) is 0 Å². The van der Waals surface area contributed by atoms with Crippen LogP contribution < -0.4 is 18.9 Å². The fraction of sp³-hybridized carbons (Fsp3) is 0.333. The summed E-state index contributed by atoms with van der Waals surface area (Å²) in [5, 5.41) is 0. The Morgan fingerprint density at radius 1 is 0.351 bits per heavy atom. The molecule has 2 N–H and O–H groups in total. The highest BCUT2D eigenvalue weighted by Gasteiger charge is 2.20. The number of unbranched alkanes of at least 4 members (excludes halogenated alkanes) is 7. The zero-order valence-electron chi connectivity index (χ0n) is 46.3. The normalized spacial score (nSPS) is 12.1. The van der Waals surface area contributed by atoms with Gasteiger partial charge in [0.25, 0.3) is 0 Å². The SMILES string of the molecule is CCCCCCCCCCOc1ccc(-c2c3nc(c(-c4cccc(OCCN(C)C)c4)c4ccc([nH]4)c(-c4ccc(OCCN(C)C)cc4)c4nc(c(-c5cccc(OCCN(C)C)c5)c5ccc2[nH]5)C=C4)C=C3)cc1. The molecular formula is C66H77N7O4. The molecule has 2 aliphatic rings. The van der Waals surface area contributed by atoms with Crippen LogP contribution in [0.5, 0.6) is 23.0 Å². The molecule has 11 nitrogen and oxygen atoms in total. The van der Waals surface area contributed by atoms with Gasteiger partial charge in [0.15, 0.2) is 0 Å². The summed E-state index contributed by atoms with van der Waals surface area (Å²) in [5.41, 5.74) is 14.8. The van der Waals surface area contributed by atoms with Crippen LogP contribution >= 0.6 is 0 Å².